The lowest BCUT2D eigenvalue weighted by Gasteiger charge is -2.13. The van der Waals surface area contributed by atoms with Crippen molar-refractivity contribution in [2.45, 2.75) is 26.4 Å². The van der Waals surface area contributed by atoms with Crippen molar-refractivity contribution in [3.63, 3.8) is 0 Å². The van der Waals surface area contributed by atoms with Gasteiger partial charge in [0.2, 0.25) is 0 Å². The van der Waals surface area contributed by atoms with Crippen molar-refractivity contribution in [1.82, 2.24) is 0 Å². The van der Waals surface area contributed by atoms with E-state index in [9.17, 15) is 5.11 Å². The predicted octanol–water partition coefficient (Wildman–Crippen LogP) is 3.08. The van der Waals surface area contributed by atoms with Gasteiger partial charge in [-0.05, 0) is 25.0 Å². The number of aliphatic hydroxyl groups excluding tert-OH is 1. The highest BCUT2D eigenvalue weighted by molar-refractivity contribution is 5.34. The quantitative estimate of drug-likeness (QED) is 0.750. The summed E-state index contributed by atoms with van der Waals surface area (Å²) in [5.41, 5.74) is 1.87. The summed E-state index contributed by atoms with van der Waals surface area (Å²) in [6.07, 6.45) is 0.410. The van der Waals surface area contributed by atoms with Crippen LogP contribution < -0.4 is 4.74 Å². The molecule has 1 rings (SSSR count). The van der Waals surface area contributed by atoms with Gasteiger partial charge in [0.25, 0.3) is 0 Å². The van der Waals surface area contributed by atoms with Crippen LogP contribution in [0.2, 0.25) is 0 Å². The van der Waals surface area contributed by atoms with Gasteiger partial charge < -0.3 is 9.84 Å². The van der Waals surface area contributed by atoms with Crippen molar-refractivity contribution < 1.29 is 9.84 Å². The molecule has 0 aliphatic heterocycles. The molecule has 2 heteroatoms. The average Bonchev–Trinajstić information content (AvgIpc) is 2.26. The van der Waals surface area contributed by atoms with E-state index in [1.807, 2.05) is 31.2 Å². The summed E-state index contributed by atoms with van der Waals surface area (Å²) in [4.78, 5) is 0. The Morgan fingerprint density at radius 2 is 2.13 bits per heavy atom. The minimum atomic E-state index is -0.504. The largest absolute Gasteiger partial charge is 0.489 e. The molecule has 2 nitrogen and oxygen atoms in total. The van der Waals surface area contributed by atoms with Gasteiger partial charge >= 0.3 is 0 Å². The van der Waals surface area contributed by atoms with Gasteiger partial charge in [0.05, 0.1) is 6.10 Å². The van der Waals surface area contributed by atoms with Gasteiger partial charge in [0, 0.05) is 5.56 Å². The molecule has 1 unspecified atom stereocenters. The highest BCUT2D eigenvalue weighted by Gasteiger charge is 2.07. The normalized spacial score (nSPS) is 12.2. The fourth-order valence-electron chi connectivity index (χ4n) is 1.24. The van der Waals surface area contributed by atoms with Crippen molar-refractivity contribution in [3.05, 3.63) is 42.0 Å². The molecule has 82 valence electrons. The molecule has 0 saturated heterocycles. The summed E-state index contributed by atoms with van der Waals surface area (Å²) in [5, 5.41) is 9.52. The van der Waals surface area contributed by atoms with Gasteiger partial charge in [0.15, 0.2) is 0 Å². The maximum absolute atomic E-state index is 9.52. The van der Waals surface area contributed by atoms with Gasteiger partial charge in [-0.1, -0.05) is 31.7 Å². The van der Waals surface area contributed by atoms with Crippen LogP contribution in [0.5, 0.6) is 5.75 Å². The molecule has 0 amide bonds. The maximum Gasteiger partial charge on any atom is 0.125 e. The van der Waals surface area contributed by atoms with Gasteiger partial charge in [0.1, 0.15) is 12.4 Å². The summed E-state index contributed by atoms with van der Waals surface area (Å²) in [6.45, 7) is 8.17. The molecule has 1 aromatic carbocycles. The van der Waals surface area contributed by atoms with Crippen molar-refractivity contribution in [1.29, 1.82) is 0 Å². The van der Waals surface area contributed by atoms with Crippen LogP contribution in [0.25, 0.3) is 0 Å². The lowest BCUT2D eigenvalue weighted by Crippen LogP contribution is -2.03. The molecule has 1 aromatic rings. The third-order valence-corrected chi connectivity index (χ3v) is 2.30. The van der Waals surface area contributed by atoms with E-state index in [-0.39, 0.29) is 0 Å². The highest BCUT2D eigenvalue weighted by atomic mass is 16.5. The van der Waals surface area contributed by atoms with E-state index in [1.54, 1.807) is 6.92 Å². The lowest BCUT2D eigenvalue weighted by atomic mass is 10.1. The summed E-state index contributed by atoms with van der Waals surface area (Å²) >= 11 is 0. The monoisotopic (exact) mass is 206 g/mol. The molecule has 1 atom stereocenters. The maximum atomic E-state index is 9.52. The van der Waals surface area contributed by atoms with Crippen molar-refractivity contribution in [2.24, 2.45) is 0 Å². The zero-order valence-corrected chi connectivity index (χ0v) is 9.36. The number of rotatable bonds is 5. The first-order chi connectivity index (χ1) is 7.15. The molecule has 0 aromatic heterocycles. The van der Waals surface area contributed by atoms with E-state index in [4.69, 9.17) is 4.74 Å². The van der Waals surface area contributed by atoms with E-state index >= 15 is 0 Å². The third-order valence-electron chi connectivity index (χ3n) is 2.30. The second-order valence-electron chi connectivity index (χ2n) is 3.61. The predicted molar refractivity (Wildman–Crippen MR) is 62.0 cm³/mol. The first kappa shape index (κ1) is 11.8. The van der Waals surface area contributed by atoms with E-state index in [1.165, 1.54) is 0 Å². The van der Waals surface area contributed by atoms with Crippen LogP contribution in [0, 0.1) is 0 Å². The van der Waals surface area contributed by atoms with Gasteiger partial charge in [-0.3, -0.25) is 0 Å². The van der Waals surface area contributed by atoms with Crippen LogP contribution in [0.1, 0.15) is 31.9 Å². The van der Waals surface area contributed by atoms with Crippen molar-refractivity contribution in [3.8, 4) is 5.75 Å². The Kier molecular flexibility index (Phi) is 4.37. The summed E-state index contributed by atoms with van der Waals surface area (Å²) < 4.78 is 5.59. The summed E-state index contributed by atoms with van der Waals surface area (Å²) in [7, 11) is 0. The Hall–Kier alpha value is -1.28. The molecule has 0 radical (unpaired) electrons. The molecular formula is C13H18O2. The van der Waals surface area contributed by atoms with Crippen LogP contribution in [0.15, 0.2) is 36.4 Å². The molecule has 0 heterocycles. The molecule has 0 aliphatic carbocycles. The zero-order valence-electron chi connectivity index (χ0n) is 9.36. The van der Waals surface area contributed by atoms with E-state index in [2.05, 4.69) is 6.58 Å². The highest BCUT2D eigenvalue weighted by Crippen LogP contribution is 2.24. The van der Waals surface area contributed by atoms with E-state index < -0.39 is 6.10 Å². The molecule has 0 spiro atoms. The van der Waals surface area contributed by atoms with Crippen LogP contribution in [-0.4, -0.2) is 11.7 Å². The van der Waals surface area contributed by atoms with E-state index in [0.717, 1.165) is 23.3 Å². The first-order valence-corrected chi connectivity index (χ1v) is 5.21. The van der Waals surface area contributed by atoms with E-state index in [0.29, 0.717) is 6.61 Å². The van der Waals surface area contributed by atoms with Crippen LogP contribution in [-0.2, 0) is 0 Å². The molecule has 0 bridgehead atoms. The fourth-order valence-corrected chi connectivity index (χ4v) is 1.24. The number of benzene rings is 1. The second kappa shape index (κ2) is 5.56. The Morgan fingerprint density at radius 3 is 2.73 bits per heavy atom. The second-order valence-corrected chi connectivity index (χ2v) is 3.61. The number of aliphatic hydroxyl groups is 1. The van der Waals surface area contributed by atoms with Crippen LogP contribution in [0.4, 0.5) is 0 Å². The van der Waals surface area contributed by atoms with Crippen molar-refractivity contribution in [2.75, 3.05) is 6.61 Å². The SMILES string of the molecule is C=C(CC)COc1ccccc1C(C)O. The minimum Gasteiger partial charge on any atom is -0.489 e. The van der Waals surface area contributed by atoms with Gasteiger partial charge in [-0.25, -0.2) is 0 Å². The summed E-state index contributed by atoms with van der Waals surface area (Å²) in [6, 6.07) is 7.53. The lowest BCUT2D eigenvalue weighted by molar-refractivity contribution is 0.192. The number of para-hydroxylation sites is 1. The Balaban J connectivity index is 2.71. The Labute approximate surface area is 91.2 Å². The molecule has 0 fully saturated rings. The van der Waals surface area contributed by atoms with Gasteiger partial charge in [-0.15, -0.1) is 0 Å². The molecule has 0 saturated carbocycles. The molecule has 1 N–H and O–H groups in total. The average molecular weight is 206 g/mol. The van der Waals surface area contributed by atoms with Crippen LogP contribution >= 0.6 is 0 Å². The van der Waals surface area contributed by atoms with Crippen LogP contribution in [0.3, 0.4) is 0 Å². The summed E-state index contributed by atoms with van der Waals surface area (Å²) in [5.74, 6) is 0.738. The Bertz CT molecular complexity index is 329. The number of hydrogen-bond donors (Lipinski definition) is 1. The first-order valence-electron chi connectivity index (χ1n) is 5.21. The minimum absolute atomic E-state index is 0.504. The number of hydrogen-bond acceptors (Lipinski definition) is 2. The fraction of sp³-hybridized carbons (Fsp3) is 0.385. The van der Waals surface area contributed by atoms with Crippen molar-refractivity contribution >= 4 is 0 Å². The zero-order chi connectivity index (χ0) is 11.3. The molecular weight excluding hydrogens is 188 g/mol. The number of ether oxygens (including phenoxy) is 1. The standard InChI is InChI=1S/C13H18O2/c1-4-10(2)9-15-13-8-6-5-7-12(13)11(3)14/h5-8,11,14H,2,4,9H2,1,3H3. The van der Waals surface area contributed by atoms with Gasteiger partial charge in [-0.2, -0.15) is 0 Å². The Morgan fingerprint density at radius 1 is 1.47 bits per heavy atom. The topological polar surface area (TPSA) is 29.5 Å². The third kappa shape index (κ3) is 3.40. The molecule has 0 aliphatic rings. The smallest absolute Gasteiger partial charge is 0.125 e. The molecule has 15 heavy (non-hydrogen) atoms.